The average Bonchev–Trinajstić information content (AvgIpc) is 2.35. The molecule has 2 nitrogen and oxygen atoms in total. The van der Waals surface area contributed by atoms with Crippen molar-refractivity contribution >= 4 is 17.5 Å². The Bertz CT molecular complexity index is 326. The molecule has 0 aliphatic carbocycles. The summed E-state index contributed by atoms with van der Waals surface area (Å²) in [7, 11) is 0. The lowest BCUT2D eigenvalue weighted by atomic mass is 10.0. The van der Waals surface area contributed by atoms with Crippen LogP contribution in [0.15, 0.2) is 30.3 Å². The van der Waals surface area contributed by atoms with Gasteiger partial charge in [-0.3, -0.25) is 4.79 Å². The highest BCUT2D eigenvalue weighted by Gasteiger charge is 2.17. The molecule has 0 unspecified atom stereocenters. The number of hydrogen-bond donors (Lipinski definition) is 1. The molecule has 16 heavy (non-hydrogen) atoms. The molecule has 0 heterocycles. The van der Waals surface area contributed by atoms with Gasteiger partial charge in [0.2, 0.25) is 5.91 Å². The predicted molar refractivity (Wildman–Crippen MR) is 67.5 cm³/mol. The molecule has 1 amide bonds. The van der Waals surface area contributed by atoms with Crippen LogP contribution in [-0.2, 0) is 4.79 Å². The van der Waals surface area contributed by atoms with Crippen molar-refractivity contribution in [1.29, 1.82) is 0 Å². The number of carbonyl (C=O) groups excluding carboxylic acids is 1. The number of rotatable bonds is 5. The Morgan fingerprint density at radius 1 is 1.25 bits per heavy atom. The summed E-state index contributed by atoms with van der Waals surface area (Å²) in [5.41, 5.74) is 1.12. The zero-order chi connectivity index (χ0) is 12.0. The summed E-state index contributed by atoms with van der Waals surface area (Å²) in [4.78, 5) is 11.7. The second kappa shape index (κ2) is 6.54. The number of benzene rings is 1. The molecule has 1 rings (SSSR count). The first kappa shape index (κ1) is 13.0. The minimum absolute atomic E-state index is 0.0569. The molecule has 0 radical (unpaired) electrons. The normalized spacial score (nSPS) is 14.2. The van der Waals surface area contributed by atoms with E-state index in [1.54, 1.807) is 0 Å². The molecule has 0 bridgehead atoms. The van der Waals surface area contributed by atoms with Crippen LogP contribution in [0.25, 0.3) is 0 Å². The molecular weight excluding hydrogens is 222 g/mol. The zero-order valence-corrected chi connectivity index (χ0v) is 10.5. The van der Waals surface area contributed by atoms with Crippen LogP contribution < -0.4 is 5.32 Å². The molecule has 0 aromatic heterocycles. The number of halogens is 1. The molecule has 3 heteroatoms. The maximum Gasteiger partial charge on any atom is 0.238 e. The van der Waals surface area contributed by atoms with Crippen molar-refractivity contribution in [3.8, 4) is 0 Å². The van der Waals surface area contributed by atoms with E-state index in [2.05, 4.69) is 5.32 Å². The third-order valence-corrected chi connectivity index (χ3v) is 3.08. The van der Waals surface area contributed by atoms with E-state index in [1.165, 1.54) is 0 Å². The molecule has 1 N–H and O–H groups in total. The monoisotopic (exact) mass is 239 g/mol. The molecule has 88 valence electrons. The van der Waals surface area contributed by atoms with Crippen LogP contribution in [0.3, 0.4) is 0 Å². The van der Waals surface area contributed by atoms with Gasteiger partial charge in [-0.1, -0.05) is 44.2 Å². The Labute approximate surface area is 102 Å². The summed E-state index contributed by atoms with van der Waals surface area (Å²) in [5.74, 6) is -0.0835. The van der Waals surface area contributed by atoms with Gasteiger partial charge in [0, 0.05) is 0 Å². The Hall–Kier alpha value is -1.02. The van der Waals surface area contributed by atoms with E-state index in [4.69, 9.17) is 11.6 Å². The van der Waals surface area contributed by atoms with Gasteiger partial charge in [-0.05, 0) is 18.4 Å². The van der Waals surface area contributed by atoms with Crippen LogP contribution in [0.2, 0.25) is 0 Å². The van der Waals surface area contributed by atoms with Crippen LogP contribution in [-0.4, -0.2) is 11.3 Å². The van der Waals surface area contributed by atoms with E-state index in [1.807, 2.05) is 44.2 Å². The maximum atomic E-state index is 11.7. The topological polar surface area (TPSA) is 29.1 Å². The standard InChI is InChI=1S/C13H18ClNO/c1-3-11(14)13(16)15-12(4-2)10-8-6-5-7-9-10/h5-9,11-12H,3-4H2,1-2H3,(H,15,16)/t11-,12-/m1/s1. The van der Waals surface area contributed by atoms with Gasteiger partial charge in [0.25, 0.3) is 0 Å². The fraction of sp³-hybridized carbons (Fsp3) is 0.462. The molecule has 0 saturated heterocycles. The van der Waals surface area contributed by atoms with Gasteiger partial charge in [0.05, 0.1) is 6.04 Å². The molecule has 0 aliphatic rings. The van der Waals surface area contributed by atoms with E-state index in [9.17, 15) is 4.79 Å². The minimum atomic E-state index is -0.433. The minimum Gasteiger partial charge on any atom is -0.348 e. The Kier molecular flexibility index (Phi) is 5.33. The van der Waals surface area contributed by atoms with Crippen LogP contribution in [0.4, 0.5) is 0 Å². The highest BCUT2D eigenvalue weighted by molar-refractivity contribution is 6.30. The fourth-order valence-electron chi connectivity index (χ4n) is 1.55. The van der Waals surface area contributed by atoms with Crippen molar-refractivity contribution in [2.24, 2.45) is 0 Å². The number of hydrogen-bond acceptors (Lipinski definition) is 1. The van der Waals surface area contributed by atoms with Crippen molar-refractivity contribution in [3.63, 3.8) is 0 Å². The van der Waals surface area contributed by atoms with Gasteiger partial charge in [-0.2, -0.15) is 0 Å². The highest BCUT2D eigenvalue weighted by Crippen LogP contribution is 2.16. The Balaban J connectivity index is 2.66. The largest absolute Gasteiger partial charge is 0.348 e. The summed E-state index contributed by atoms with van der Waals surface area (Å²) in [5, 5.41) is 2.53. The van der Waals surface area contributed by atoms with Crippen LogP contribution in [0, 0.1) is 0 Å². The van der Waals surface area contributed by atoms with Crippen molar-refractivity contribution in [3.05, 3.63) is 35.9 Å². The van der Waals surface area contributed by atoms with E-state index < -0.39 is 5.38 Å². The van der Waals surface area contributed by atoms with E-state index in [-0.39, 0.29) is 11.9 Å². The predicted octanol–water partition coefficient (Wildman–Crippen LogP) is 3.27. The first-order valence-corrected chi connectivity index (χ1v) is 6.12. The van der Waals surface area contributed by atoms with Crippen molar-refractivity contribution in [1.82, 2.24) is 5.32 Å². The van der Waals surface area contributed by atoms with Crippen molar-refractivity contribution in [2.45, 2.75) is 38.1 Å². The zero-order valence-electron chi connectivity index (χ0n) is 9.74. The van der Waals surface area contributed by atoms with Crippen molar-refractivity contribution < 1.29 is 4.79 Å². The quantitative estimate of drug-likeness (QED) is 0.785. The summed E-state index contributed by atoms with van der Waals surface area (Å²) in [6.45, 7) is 3.95. The summed E-state index contributed by atoms with van der Waals surface area (Å²) < 4.78 is 0. The van der Waals surface area contributed by atoms with Crippen molar-refractivity contribution in [2.75, 3.05) is 0 Å². The molecule has 0 fully saturated rings. The molecule has 0 saturated carbocycles. The highest BCUT2D eigenvalue weighted by atomic mass is 35.5. The number of alkyl halides is 1. The third-order valence-electron chi connectivity index (χ3n) is 2.57. The molecule has 2 atom stereocenters. The summed E-state index contributed by atoms with van der Waals surface area (Å²) in [6.07, 6.45) is 1.52. The number of amides is 1. The lowest BCUT2D eigenvalue weighted by Gasteiger charge is -2.18. The van der Waals surface area contributed by atoms with Gasteiger partial charge in [0.1, 0.15) is 5.38 Å². The van der Waals surface area contributed by atoms with E-state index in [0.29, 0.717) is 6.42 Å². The average molecular weight is 240 g/mol. The van der Waals surface area contributed by atoms with Crippen LogP contribution in [0.5, 0.6) is 0 Å². The first-order valence-electron chi connectivity index (χ1n) is 5.68. The van der Waals surface area contributed by atoms with Gasteiger partial charge in [-0.15, -0.1) is 11.6 Å². The summed E-state index contributed by atoms with van der Waals surface area (Å²) >= 11 is 5.89. The lowest BCUT2D eigenvalue weighted by Crippen LogP contribution is -2.34. The van der Waals surface area contributed by atoms with Gasteiger partial charge in [-0.25, -0.2) is 0 Å². The fourth-order valence-corrected chi connectivity index (χ4v) is 1.62. The van der Waals surface area contributed by atoms with E-state index >= 15 is 0 Å². The second-order valence-electron chi connectivity index (χ2n) is 3.76. The van der Waals surface area contributed by atoms with Gasteiger partial charge < -0.3 is 5.32 Å². The van der Waals surface area contributed by atoms with Gasteiger partial charge in [0.15, 0.2) is 0 Å². The molecule has 0 aliphatic heterocycles. The smallest absolute Gasteiger partial charge is 0.238 e. The first-order chi connectivity index (χ1) is 7.69. The Morgan fingerprint density at radius 2 is 1.88 bits per heavy atom. The lowest BCUT2D eigenvalue weighted by molar-refractivity contribution is -0.121. The number of nitrogens with one attached hydrogen (secondary N) is 1. The Morgan fingerprint density at radius 3 is 2.38 bits per heavy atom. The van der Waals surface area contributed by atoms with Crippen LogP contribution in [0.1, 0.15) is 38.3 Å². The van der Waals surface area contributed by atoms with Gasteiger partial charge >= 0.3 is 0 Å². The molecule has 0 spiro atoms. The van der Waals surface area contributed by atoms with Crippen LogP contribution >= 0.6 is 11.6 Å². The SMILES string of the molecule is CC[C@@H](Cl)C(=O)N[C@H](CC)c1ccccc1. The molecular formula is C13H18ClNO. The van der Waals surface area contributed by atoms with E-state index in [0.717, 1.165) is 12.0 Å². The molecule has 1 aromatic rings. The number of carbonyl (C=O) groups is 1. The maximum absolute atomic E-state index is 11.7. The third kappa shape index (κ3) is 3.53. The molecule has 1 aromatic carbocycles. The second-order valence-corrected chi connectivity index (χ2v) is 4.28. The summed E-state index contributed by atoms with van der Waals surface area (Å²) in [6, 6.07) is 10.0.